The molecule has 206 valence electrons. The van der Waals surface area contributed by atoms with Crippen molar-refractivity contribution in [3.63, 3.8) is 0 Å². The highest BCUT2D eigenvalue weighted by Crippen LogP contribution is 2.35. The number of hydrogen-bond acceptors (Lipinski definition) is 6. The Morgan fingerprint density at radius 3 is 2.47 bits per heavy atom. The first-order valence-electron chi connectivity index (χ1n) is 13.2. The minimum Gasteiger partial charge on any atom is -0.506 e. The Bertz CT molecular complexity index is 1250. The third kappa shape index (κ3) is 7.85. The van der Waals surface area contributed by atoms with Gasteiger partial charge < -0.3 is 20.7 Å². The van der Waals surface area contributed by atoms with Gasteiger partial charge in [-0.2, -0.15) is 0 Å². The van der Waals surface area contributed by atoms with Crippen molar-refractivity contribution in [1.82, 2.24) is 14.8 Å². The van der Waals surface area contributed by atoms with Crippen molar-refractivity contribution in [2.24, 2.45) is 5.73 Å². The van der Waals surface area contributed by atoms with E-state index in [9.17, 15) is 23.5 Å². The lowest BCUT2D eigenvalue weighted by Crippen LogP contribution is -2.45. The number of carbonyl (C=O) groups is 1. The molecule has 10 heteroatoms. The molecule has 4 rings (SSSR count). The van der Waals surface area contributed by atoms with Crippen LogP contribution in [0.4, 0.5) is 8.78 Å². The van der Waals surface area contributed by atoms with E-state index < -0.39 is 5.92 Å². The summed E-state index contributed by atoms with van der Waals surface area (Å²) in [6, 6.07) is 13.6. The molecular weight excluding hydrogens is 510 g/mol. The number of phenols is 1. The Hall–Kier alpha value is -2.82. The number of benzene rings is 2. The number of primary amides is 1. The summed E-state index contributed by atoms with van der Waals surface area (Å²) in [5.74, 6) is -2.91. The number of amides is 1. The molecule has 3 aromatic rings. The lowest BCUT2D eigenvalue weighted by Gasteiger charge is -2.38. The normalized spacial score (nSPS) is 16.0. The minimum absolute atomic E-state index is 0.0389. The van der Waals surface area contributed by atoms with Gasteiger partial charge in [0.25, 0.3) is 0 Å². The SMILES string of the molecule is NC(=O)CCN(CCc1ccccc1)CCN(CCc1ccc(O)c2[nH]c(=O)sc12)C1CCC(F)(F)CC1. The number of H-pyrrole nitrogens is 1. The Kier molecular flexibility index (Phi) is 9.51. The molecule has 1 aliphatic carbocycles. The number of nitrogens with one attached hydrogen (secondary N) is 1. The van der Waals surface area contributed by atoms with Crippen LogP contribution in [-0.4, -0.2) is 70.5 Å². The molecule has 0 spiro atoms. The zero-order valence-corrected chi connectivity index (χ0v) is 22.3. The average molecular weight is 547 g/mol. The molecule has 4 N–H and O–H groups in total. The quantitative estimate of drug-likeness (QED) is 0.299. The Balaban J connectivity index is 1.45. The first kappa shape index (κ1) is 28.2. The zero-order valence-electron chi connectivity index (χ0n) is 21.5. The smallest absolute Gasteiger partial charge is 0.305 e. The second-order valence-electron chi connectivity index (χ2n) is 10.1. The van der Waals surface area contributed by atoms with Crippen LogP contribution in [0, 0.1) is 0 Å². The van der Waals surface area contributed by atoms with Crippen molar-refractivity contribution in [3.05, 3.63) is 63.3 Å². The fourth-order valence-corrected chi connectivity index (χ4v) is 6.10. The van der Waals surface area contributed by atoms with Crippen molar-refractivity contribution in [3.8, 4) is 5.75 Å². The molecule has 38 heavy (non-hydrogen) atoms. The summed E-state index contributed by atoms with van der Waals surface area (Å²) in [4.78, 5) is 30.4. The third-order valence-electron chi connectivity index (χ3n) is 7.45. The molecule has 1 aliphatic rings. The maximum absolute atomic E-state index is 13.9. The first-order valence-corrected chi connectivity index (χ1v) is 14.0. The third-order valence-corrected chi connectivity index (χ3v) is 8.41. The van der Waals surface area contributed by atoms with E-state index >= 15 is 0 Å². The number of phenolic OH excluding ortho intramolecular Hbond substituents is 1. The molecule has 2 aromatic carbocycles. The van der Waals surface area contributed by atoms with Crippen molar-refractivity contribution in [2.75, 3.05) is 32.7 Å². The van der Waals surface area contributed by atoms with Crippen LogP contribution < -0.4 is 10.6 Å². The van der Waals surface area contributed by atoms with Gasteiger partial charge in [0.2, 0.25) is 11.8 Å². The number of rotatable bonds is 13. The number of aromatic nitrogens is 1. The molecule has 7 nitrogen and oxygen atoms in total. The van der Waals surface area contributed by atoms with Gasteiger partial charge in [-0.1, -0.05) is 47.7 Å². The number of alkyl halides is 2. The molecule has 0 atom stereocenters. The fraction of sp³-hybridized carbons (Fsp3) is 0.500. The number of aromatic hydroxyl groups is 1. The van der Waals surface area contributed by atoms with E-state index in [2.05, 4.69) is 26.9 Å². The number of carbonyl (C=O) groups excluding carboxylic acids is 1. The monoisotopic (exact) mass is 546 g/mol. The summed E-state index contributed by atoms with van der Waals surface area (Å²) in [5.41, 5.74) is 8.03. The highest BCUT2D eigenvalue weighted by atomic mass is 32.1. The zero-order chi connectivity index (χ0) is 27.1. The summed E-state index contributed by atoms with van der Waals surface area (Å²) < 4.78 is 28.6. The highest BCUT2D eigenvalue weighted by Gasteiger charge is 2.36. The highest BCUT2D eigenvalue weighted by molar-refractivity contribution is 7.16. The van der Waals surface area contributed by atoms with Gasteiger partial charge in [-0.25, -0.2) is 8.78 Å². The number of nitrogens with two attached hydrogens (primary N) is 1. The number of nitrogens with zero attached hydrogens (tertiary/aromatic N) is 2. The number of thiazole rings is 1. The standard InChI is InChI=1S/C28H36F2N4O3S/c29-28(30)13-8-22(9-14-28)34(17-11-21-6-7-23(35)25-26(21)38-27(37)32-25)19-18-33(16-12-24(31)36)15-10-20-4-2-1-3-5-20/h1-7,22,35H,8-19H2,(H2,31,36)(H,32,37). The van der Waals surface area contributed by atoms with E-state index in [0.717, 1.165) is 34.6 Å². The van der Waals surface area contributed by atoms with E-state index in [4.69, 9.17) is 5.73 Å². The molecule has 1 saturated carbocycles. The molecule has 0 bridgehead atoms. The van der Waals surface area contributed by atoms with Gasteiger partial charge in [0.15, 0.2) is 0 Å². The second-order valence-corrected chi connectivity index (χ2v) is 11.1. The van der Waals surface area contributed by atoms with Crippen molar-refractivity contribution in [1.29, 1.82) is 0 Å². The molecule has 1 amide bonds. The van der Waals surface area contributed by atoms with E-state index in [-0.39, 0.29) is 41.8 Å². The molecule has 1 fully saturated rings. The molecular formula is C28H36F2N4O3S. The molecule has 0 radical (unpaired) electrons. The average Bonchev–Trinajstić information content (AvgIpc) is 3.29. The van der Waals surface area contributed by atoms with Gasteiger partial charge >= 0.3 is 4.87 Å². The Morgan fingerprint density at radius 2 is 1.76 bits per heavy atom. The van der Waals surface area contributed by atoms with Gasteiger partial charge in [-0.15, -0.1) is 0 Å². The first-order chi connectivity index (χ1) is 18.2. The lowest BCUT2D eigenvalue weighted by atomic mass is 9.91. The van der Waals surface area contributed by atoms with E-state index in [1.54, 1.807) is 6.07 Å². The number of fused-ring (bicyclic) bond motifs is 1. The molecule has 0 saturated heterocycles. The molecule has 0 aliphatic heterocycles. The maximum Gasteiger partial charge on any atom is 0.305 e. The molecule has 1 aromatic heterocycles. The summed E-state index contributed by atoms with van der Waals surface area (Å²) in [5, 5.41) is 10.1. The molecule has 0 unspecified atom stereocenters. The number of halogens is 2. The Morgan fingerprint density at radius 1 is 1.03 bits per heavy atom. The number of aromatic amines is 1. The fourth-order valence-electron chi connectivity index (χ4n) is 5.21. The summed E-state index contributed by atoms with van der Waals surface area (Å²) in [7, 11) is 0. The van der Waals surface area contributed by atoms with Crippen LogP contribution in [0.2, 0.25) is 0 Å². The topological polar surface area (TPSA) is 103 Å². The van der Waals surface area contributed by atoms with Gasteiger partial charge in [-0.05, 0) is 42.9 Å². The lowest BCUT2D eigenvalue weighted by molar-refractivity contribution is -0.118. The number of hydrogen-bond donors (Lipinski definition) is 3. The van der Waals surface area contributed by atoms with Crippen LogP contribution in [-0.2, 0) is 17.6 Å². The summed E-state index contributed by atoms with van der Waals surface area (Å²) in [6.07, 6.45) is 2.37. The van der Waals surface area contributed by atoms with E-state index in [1.165, 1.54) is 5.56 Å². The van der Waals surface area contributed by atoms with Crippen LogP contribution in [0.3, 0.4) is 0 Å². The predicted molar refractivity (Wildman–Crippen MR) is 147 cm³/mol. The minimum atomic E-state index is -2.61. The van der Waals surface area contributed by atoms with E-state index in [1.807, 2.05) is 24.3 Å². The van der Waals surface area contributed by atoms with Crippen LogP contribution in [0.15, 0.2) is 47.3 Å². The summed E-state index contributed by atoms with van der Waals surface area (Å²) in [6.45, 7) is 3.33. The van der Waals surface area contributed by atoms with Crippen molar-refractivity contribution >= 4 is 27.5 Å². The molecule has 1 heterocycles. The van der Waals surface area contributed by atoms with Crippen LogP contribution in [0.1, 0.15) is 43.2 Å². The van der Waals surface area contributed by atoms with Crippen molar-refractivity contribution in [2.45, 2.75) is 56.9 Å². The van der Waals surface area contributed by atoms with E-state index in [0.29, 0.717) is 51.0 Å². The largest absolute Gasteiger partial charge is 0.506 e. The second kappa shape index (κ2) is 12.8. The van der Waals surface area contributed by atoms with Gasteiger partial charge in [0.1, 0.15) is 11.3 Å². The summed E-state index contributed by atoms with van der Waals surface area (Å²) >= 11 is 1.07. The van der Waals surface area contributed by atoms with Crippen LogP contribution in [0.25, 0.3) is 10.2 Å². The van der Waals surface area contributed by atoms with Gasteiger partial charge in [0, 0.05) is 58.0 Å². The van der Waals surface area contributed by atoms with Gasteiger partial charge in [-0.3, -0.25) is 14.5 Å². The van der Waals surface area contributed by atoms with Gasteiger partial charge in [0.05, 0.1) is 4.70 Å². The van der Waals surface area contributed by atoms with Crippen LogP contribution >= 0.6 is 11.3 Å². The van der Waals surface area contributed by atoms with Crippen molar-refractivity contribution < 1.29 is 18.7 Å². The maximum atomic E-state index is 13.9. The van der Waals surface area contributed by atoms with Crippen LogP contribution in [0.5, 0.6) is 5.75 Å². The Labute approximate surface area is 225 Å². The predicted octanol–water partition coefficient (Wildman–Crippen LogP) is 4.14.